The first-order chi connectivity index (χ1) is 19.8. The van der Waals surface area contributed by atoms with Crippen LogP contribution < -0.4 is 21.3 Å². The number of aromatic amines is 1. The molecule has 10 nitrogen and oxygen atoms in total. The zero-order valence-corrected chi connectivity index (χ0v) is 23.5. The van der Waals surface area contributed by atoms with Gasteiger partial charge in [-0.05, 0) is 63.4 Å². The fraction of sp³-hybridized carbons (Fsp3) is 0.367. The quantitative estimate of drug-likeness (QED) is 0.233. The van der Waals surface area contributed by atoms with Crippen LogP contribution in [0.4, 0.5) is 8.78 Å². The van der Waals surface area contributed by atoms with Crippen molar-refractivity contribution in [2.75, 3.05) is 6.54 Å². The lowest BCUT2D eigenvalue weighted by molar-refractivity contribution is -0.141. The van der Waals surface area contributed by atoms with E-state index in [1.54, 1.807) is 51.1 Å². The van der Waals surface area contributed by atoms with E-state index in [0.717, 1.165) is 17.5 Å². The van der Waals surface area contributed by atoms with Gasteiger partial charge in [0.1, 0.15) is 11.7 Å². The Hall–Kier alpha value is -4.61. The minimum Gasteiger partial charge on any atom is -0.356 e. The van der Waals surface area contributed by atoms with E-state index in [4.69, 9.17) is 0 Å². The Kier molecular flexibility index (Phi) is 9.03. The van der Waals surface area contributed by atoms with Crippen LogP contribution in [0.5, 0.6) is 0 Å². The molecule has 0 saturated carbocycles. The summed E-state index contributed by atoms with van der Waals surface area (Å²) < 4.78 is 27.6. The number of para-hydroxylation sites is 1. The second kappa shape index (κ2) is 12.5. The van der Waals surface area contributed by atoms with Crippen LogP contribution in [0.15, 0.2) is 48.5 Å². The monoisotopic (exact) mass is 581 g/mol. The largest absolute Gasteiger partial charge is 0.356 e. The predicted octanol–water partition coefficient (Wildman–Crippen LogP) is 2.28. The molecule has 1 aromatic heterocycles. The van der Waals surface area contributed by atoms with Crippen LogP contribution in [0.3, 0.4) is 0 Å². The maximum Gasteiger partial charge on any atom is 0.290 e. The number of hydrogen-bond acceptors (Lipinski definition) is 5. The molecule has 2 heterocycles. The van der Waals surface area contributed by atoms with Gasteiger partial charge in [0, 0.05) is 35.3 Å². The van der Waals surface area contributed by atoms with E-state index in [-0.39, 0.29) is 30.0 Å². The molecule has 1 aliphatic rings. The number of ketones is 1. The molecule has 1 fully saturated rings. The molecule has 1 saturated heterocycles. The van der Waals surface area contributed by atoms with Gasteiger partial charge in [0.2, 0.25) is 17.6 Å². The van der Waals surface area contributed by atoms with E-state index in [1.807, 2.05) is 0 Å². The molecule has 2 aromatic carbocycles. The summed E-state index contributed by atoms with van der Waals surface area (Å²) in [5, 5.41) is 11.1. The average molecular weight is 582 g/mol. The van der Waals surface area contributed by atoms with Crippen LogP contribution >= 0.6 is 0 Å². The van der Waals surface area contributed by atoms with Crippen molar-refractivity contribution >= 4 is 40.3 Å². The van der Waals surface area contributed by atoms with E-state index in [0.29, 0.717) is 18.5 Å². The predicted molar refractivity (Wildman–Crippen MR) is 150 cm³/mol. The molecule has 0 aliphatic carbocycles. The van der Waals surface area contributed by atoms with Gasteiger partial charge in [-0.15, -0.1) is 0 Å². The Morgan fingerprint density at radius 1 is 0.976 bits per heavy atom. The van der Waals surface area contributed by atoms with Crippen LogP contribution in [0.2, 0.25) is 0 Å². The van der Waals surface area contributed by atoms with Crippen molar-refractivity contribution in [1.82, 2.24) is 26.3 Å². The third-order valence-electron chi connectivity index (χ3n) is 6.85. The van der Waals surface area contributed by atoms with Gasteiger partial charge in [-0.1, -0.05) is 24.3 Å². The summed E-state index contributed by atoms with van der Waals surface area (Å²) >= 11 is 0. The third-order valence-corrected chi connectivity index (χ3v) is 6.85. The third kappa shape index (κ3) is 7.56. The standard InChI is InChI=1S/C30H33F2N5O5/c1-30(2,3)37-29(42)25(38)22(15-18-10-11-33-26(18)39)35-27(40)23(13-16-8-9-19(31)20(32)12-16)36-28(41)24-14-17-6-4-5-7-21(17)34-24/h4-9,12,14,18,22-23,34H,10-11,13,15H2,1-3H3,(H,33,39)(H,35,40)(H,36,41)(H,37,42)/t18-,22-,23-/m0/s1. The molecule has 0 unspecified atom stereocenters. The number of hydrogen-bond donors (Lipinski definition) is 5. The maximum absolute atomic E-state index is 14.0. The van der Waals surface area contributed by atoms with Crippen molar-refractivity contribution in [3.8, 4) is 0 Å². The molecular formula is C30H33F2N5O5. The lowest BCUT2D eigenvalue weighted by Gasteiger charge is -2.26. The molecule has 0 spiro atoms. The van der Waals surface area contributed by atoms with Crippen molar-refractivity contribution in [2.24, 2.45) is 5.92 Å². The summed E-state index contributed by atoms with van der Waals surface area (Å²) in [6.45, 7) is 5.46. The van der Waals surface area contributed by atoms with Crippen molar-refractivity contribution in [3.05, 3.63) is 71.4 Å². The molecule has 4 rings (SSSR count). The first-order valence-corrected chi connectivity index (χ1v) is 13.6. The average Bonchev–Trinajstić information content (AvgIpc) is 3.54. The van der Waals surface area contributed by atoms with Gasteiger partial charge in [-0.25, -0.2) is 8.78 Å². The zero-order valence-electron chi connectivity index (χ0n) is 23.5. The number of Topliss-reactive ketones (excluding diaryl/α,β-unsaturated/α-hetero) is 1. The molecular weight excluding hydrogens is 548 g/mol. The van der Waals surface area contributed by atoms with Gasteiger partial charge in [0.15, 0.2) is 11.6 Å². The minimum atomic E-state index is -1.38. The SMILES string of the molecule is CC(C)(C)NC(=O)C(=O)[C@H](C[C@@H]1CCNC1=O)NC(=O)[C@H](Cc1ccc(F)c(F)c1)NC(=O)c1cc2ccccc2[nH]1. The Labute approximate surface area is 241 Å². The Morgan fingerprint density at radius 3 is 2.36 bits per heavy atom. The van der Waals surface area contributed by atoms with Crippen LogP contribution in [-0.2, 0) is 25.6 Å². The first kappa shape index (κ1) is 30.4. The molecule has 0 radical (unpaired) electrons. The van der Waals surface area contributed by atoms with E-state index < -0.39 is 58.7 Å². The van der Waals surface area contributed by atoms with Crippen molar-refractivity contribution in [3.63, 3.8) is 0 Å². The van der Waals surface area contributed by atoms with Crippen molar-refractivity contribution in [1.29, 1.82) is 0 Å². The number of H-pyrrole nitrogens is 1. The molecule has 5 N–H and O–H groups in total. The van der Waals surface area contributed by atoms with Gasteiger partial charge < -0.3 is 26.3 Å². The second-order valence-electron chi connectivity index (χ2n) is 11.4. The second-order valence-corrected chi connectivity index (χ2v) is 11.4. The smallest absolute Gasteiger partial charge is 0.290 e. The zero-order chi connectivity index (χ0) is 30.6. The molecule has 1 aliphatic heterocycles. The number of carbonyl (C=O) groups excluding carboxylic acids is 5. The van der Waals surface area contributed by atoms with Crippen molar-refractivity contribution in [2.45, 2.75) is 57.7 Å². The van der Waals surface area contributed by atoms with Gasteiger partial charge in [-0.3, -0.25) is 24.0 Å². The number of benzene rings is 2. The molecule has 3 aromatic rings. The first-order valence-electron chi connectivity index (χ1n) is 13.6. The van der Waals surface area contributed by atoms with Crippen LogP contribution in [0.25, 0.3) is 10.9 Å². The highest BCUT2D eigenvalue weighted by Gasteiger charge is 2.36. The summed E-state index contributed by atoms with van der Waals surface area (Å²) in [4.78, 5) is 68.0. The van der Waals surface area contributed by atoms with Crippen LogP contribution in [0, 0.1) is 17.6 Å². The Bertz CT molecular complexity index is 1500. The van der Waals surface area contributed by atoms with Crippen molar-refractivity contribution < 1.29 is 32.8 Å². The fourth-order valence-electron chi connectivity index (χ4n) is 4.76. The van der Waals surface area contributed by atoms with E-state index in [9.17, 15) is 32.8 Å². The molecule has 3 atom stereocenters. The highest BCUT2D eigenvalue weighted by atomic mass is 19.2. The normalized spacial score (nSPS) is 16.4. The molecule has 222 valence electrons. The summed E-state index contributed by atoms with van der Waals surface area (Å²) in [5.74, 6) is -6.52. The highest BCUT2D eigenvalue weighted by Crippen LogP contribution is 2.19. The topological polar surface area (TPSA) is 149 Å². The number of aromatic nitrogens is 1. The lowest BCUT2D eigenvalue weighted by Crippen LogP contribution is -2.56. The number of nitrogens with one attached hydrogen (secondary N) is 5. The molecule has 42 heavy (non-hydrogen) atoms. The Balaban J connectivity index is 1.60. The van der Waals surface area contributed by atoms with E-state index >= 15 is 0 Å². The number of rotatable bonds is 10. The minimum absolute atomic E-state index is 0.137. The fourth-order valence-corrected chi connectivity index (χ4v) is 4.76. The maximum atomic E-state index is 14.0. The highest BCUT2D eigenvalue weighted by molar-refractivity contribution is 6.38. The lowest BCUT2D eigenvalue weighted by atomic mass is 9.94. The molecule has 4 amide bonds. The molecule has 0 bridgehead atoms. The summed E-state index contributed by atoms with van der Waals surface area (Å²) in [5.41, 5.74) is 0.303. The number of amides is 4. The van der Waals surface area contributed by atoms with Gasteiger partial charge >= 0.3 is 0 Å². The van der Waals surface area contributed by atoms with Crippen LogP contribution in [-0.4, -0.2) is 58.6 Å². The summed E-state index contributed by atoms with van der Waals surface area (Å²) in [6, 6.07) is 9.11. The summed E-state index contributed by atoms with van der Waals surface area (Å²) in [7, 11) is 0. The Morgan fingerprint density at radius 2 is 1.71 bits per heavy atom. The summed E-state index contributed by atoms with van der Waals surface area (Å²) in [6.07, 6.45) is 0.0185. The number of fused-ring (bicyclic) bond motifs is 1. The molecule has 12 heteroatoms. The van der Waals surface area contributed by atoms with Gasteiger partial charge in [0.05, 0.1) is 6.04 Å². The van der Waals surface area contributed by atoms with Gasteiger partial charge in [0.25, 0.3) is 11.8 Å². The van der Waals surface area contributed by atoms with Gasteiger partial charge in [-0.2, -0.15) is 0 Å². The number of carbonyl (C=O) groups is 5. The van der Waals surface area contributed by atoms with Crippen LogP contribution in [0.1, 0.15) is 49.7 Å². The van der Waals surface area contributed by atoms with E-state index in [1.165, 1.54) is 6.07 Å². The van der Waals surface area contributed by atoms with E-state index in [2.05, 4.69) is 26.3 Å². The number of halogens is 2.